The fraction of sp³-hybridized carbons (Fsp3) is 0.188. The van der Waals surface area contributed by atoms with Crippen LogP contribution in [0.2, 0.25) is 0 Å². The van der Waals surface area contributed by atoms with Crippen LogP contribution < -0.4 is 10.0 Å². The van der Waals surface area contributed by atoms with Crippen LogP contribution in [0.4, 0.5) is 0 Å². The molecule has 132 valence electrons. The maximum atomic E-state index is 12.3. The molecule has 3 N–H and O–H groups in total. The van der Waals surface area contributed by atoms with E-state index in [1.807, 2.05) is 4.72 Å². The number of amides is 2. The molecule has 1 aromatic carbocycles. The molecule has 0 saturated heterocycles. The molecule has 0 atom stereocenters. The summed E-state index contributed by atoms with van der Waals surface area (Å²) in [5, 5.41) is 11.5. The van der Waals surface area contributed by atoms with Crippen molar-refractivity contribution in [2.24, 2.45) is 0 Å². The zero-order chi connectivity index (χ0) is 18.4. The van der Waals surface area contributed by atoms with Crippen molar-refractivity contribution in [3.05, 3.63) is 59.4 Å². The van der Waals surface area contributed by atoms with E-state index < -0.39 is 15.9 Å². The third kappa shape index (κ3) is 4.61. The first kappa shape index (κ1) is 18.6. The quantitative estimate of drug-likeness (QED) is 0.684. The lowest BCUT2D eigenvalue weighted by Gasteiger charge is -2.08. The van der Waals surface area contributed by atoms with Crippen LogP contribution in [0, 0.1) is 0 Å². The van der Waals surface area contributed by atoms with Gasteiger partial charge in [0.25, 0.3) is 21.8 Å². The molecule has 1 heterocycles. The highest BCUT2D eigenvalue weighted by molar-refractivity contribution is 7.90. The number of rotatable bonds is 6. The molecule has 2 amide bonds. The largest absolute Gasteiger partial charge is 0.390 e. The van der Waals surface area contributed by atoms with E-state index >= 15 is 0 Å². The molecule has 0 aliphatic rings. The first-order valence-corrected chi connectivity index (χ1v) is 8.87. The van der Waals surface area contributed by atoms with Crippen LogP contribution in [0.3, 0.4) is 0 Å². The van der Waals surface area contributed by atoms with Crippen LogP contribution in [0.25, 0.3) is 0 Å². The lowest BCUT2D eigenvalue weighted by molar-refractivity contribution is 0.0952. The first-order valence-electron chi connectivity index (χ1n) is 7.38. The summed E-state index contributed by atoms with van der Waals surface area (Å²) in [4.78, 5) is 27.4. The Labute approximate surface area is 145 Å². The second kappa shape index (κ2) is 7.86. The Morgan fingerprint density at radius 1 is 1.04 bits per heavy atom. The van der Waals surface area contributed by atoms with Gasteiger partial charge in [-0.15, -0.1) is 0 Å². The SMILES string of the molecule is CCNC(=O)c1ccc(S(=O)(=O)NC(=O)c2ccc(CO)nc2)cc1. The predicted octanol–water partition coefficient (Wildman–Crippen LogP) is 0.442. The standard InChI is InChI=1S/C16H17N3O5S/c1-2-17-15(21)11-4-7-14(8-5-11)25(23,24)19-16(22)12-3-6-13(10-20)18-9-12/h3-9,20H,2,10H2,1H3,(H,17,21)(H,19,22). The van der Waals surface area contributed by atoms with E-state index in [-0.39, 0.29) is 23.0 Å². The average molecular weight is 363 g/mol. The fourth-order valence-electron chi connectivity index (χ4n) is 1.94. The summed E-state index contributed by atoms with van der Waals surface area (Å²) in [6, 6.07) is 7.99. The van der Waals surface area contributed by atoms with Crippen molar-refractivity contribution in [1.82, 2.24) is 15.0 Å². The van der Waals surface area contributed by atoms with Crippen LogP contribution in [0.15, 0.2) is 47.5 Å². The van der Waals surface area contributed by atoms with Crippen LogP contribution >= 0.6 is 0 Å². The number of pyridine rings is 1. The highest BCUT2D eigenvalue weighted by Crippen LogP contribution is 2.11. The normalized spacial score (nSPS) is 11.0. The Morgan fingerprint density at radius 2 is 1.68 bits per heavy atom. The Bertz CT molecular complexity index is 862. The summed E-state index contributed by atoms with van der Waals surface area (Å²) in [7, 11) is -4.09. The van der Waals surface area contributed by atoms with E-state index in [2.05, 4.69) is 10.3 Å². The zero-order valence-corrected chi connectivity index (χ0v) is 14.2. The molecule has 0 aliphatic heterocycles. The van der Waals surface area contributed by atoms with Gasteiger partial charge >= 0.3 is 0 Å². The molecule has 0 fully saturated rings. The Hall–Kier alpha value is -2.78. The Kier molecular flexibility index (Phi) is 5.84. The van der Waals surface area contributed by atoms with Crippen molar-refractivity contribution in [2.75, 3.05) is 6.54 Å². The van der Waals surface area contributed by atoms with Crippen molar-refractivity contribution >= 4 is 21.8 Å². The van der Waals surface area contributed by atoms with Gasteiger partial charge in [0, 0.05) is 18.3 Å². The molecule has 0 radical (unpaired) electrons. The summed E-state index contributed by atoms with van der Waals surface area (Å²) in [6.07, 6.45) is 1.18. The smallest absolute Gasteiger partial charge is 0.266 e. The number of nitrogens with one attached hydrogen (secondary N) is 2. The van der Waals surface area contributed by atoms with Crippen molar-refractivity contribution in [1.29, 1.82) is 0 Å². The number of carbonyl (C=O) groups is 2. The number of carbonyl (C=O) groups excluding carboxylic acids is 2. The van der Waals surface area contributed by atoms with Gasteiger partial charge in [-0.3, -0.25) is 14.6 Å². The summed E-state index contributed by atoms with van der Waals surface area (Å²) in [5.41, 5.74) is 0.719. The van der Waals surface area contributed by atoms with Crippen molar-refractivity contribution in [3.63, 3.8) is 0 Å². The number of aliphatic hydroxyl groups is 1. The number of nitrogens with zero attached hydrogens (tertiary/aromatic N) is 1. The first-order chi connectivity index (χ1) is 11.9. The topological polar surface area (TPSA) is 125 Å². The summed E-state index contributed by atoms with van der Waals surface area (Å²) < 4.78 is 26.4. The minimum Gasteiger partial charge on any atom is -0.390 e. The van der Waals surface area contributed by atoms with Crippen molar-refractivity contribution < 1.29 is 23.1 Å². The van der Waals surface area contributed by atoms with Gasteiger partial charge in [0.15, 0.2) is 0 Å². The summed E-state index contributed by atoms with van der Waals surface area (Å²) in [5.74, 6) is -1.16. The van der Waals surface area contributed by atoms with Crippen LogP contribution in [-0.2, 0) is 16.6 Å². The van der Waals surface area contributed by atoms with E-state index in [0.717, 1.165) is 0 Å². The van der Waals surface area contributed by atoms with E-state index in [4.69, 9.17) is 5.11 Å². The van der Waals surface area contributed by atoms with Crippen LogP contribution in [0.5, 0.6) is 0 Å². The van der Waals surface area contributed by atoms with Crippen LogP contribution in [0.1, 0.15) is 33.3 Å². The van der Waals surface area contributed by atoms with Crippen LogP contribution in [-0.4, -0.2) is 36.9 Å². The average Bonchev–Trinajstić information content (AvgIpc) is 2.61. The molecule has 8 nitrogen and oxygen atoms in total. The van der Waals surface area contributed by atoms with Crippen molar-refractivity contribution in [2.45, 2.75) is 18.4 Å². The van der Waals surface area contributed by atoms with E-state index in [1.54, 1.807) is 6.92 Å². The molecule has 0 bridgehead atoms. The molecule has 2 rings (SSSR count). The minimum absolute atomic E-state index is 0.0414. The lowest BCUT2D eigenvalue weighted by atomic mass is 10.2. The van der Waals surface area contributed by atoms with Gasteiger partial charge in [0.05, 0.1) is 22.8 Å². The third-order valence-electron chi connectivity index (χ3n) is 3.24. The lowest BCUT2D eigenvalue weighted by Crippen LogP contribution is -2.30. The molecule has 0 saturated carbocycles. The maximum Gasteiger partial charge on any atom is 0.266 e. The molecular formula is C16H17N3O5S. The van der Waals surface area contributed by atoms with Gasteiger partial charge in [0.1, 0.15) is 0 Å². The number of sulfonamides is 1. The third-order valence-corrected chi connectivity index (χ3v) is 4.59. The highest BCUT2D eigenvalue weighted by Gasteiger charge is 2.19. The number of aliphatic hydroxyl groups excluding tert-OH is 1. The maximum absolute atomic E-state index is 12.3. The zero-order valence-electron chi connectivity index (χ0n) is 13.4. The predicted molar refractivity (Wildman–Crippen MR) is 89.3 cm³/mol. The molecule has 1 aromatic heterocycles. The van der Waals surface area contributed by atoms with Gasteiger partial charge in [-0.25, -0.2) is 13.1 Å². The number of aromatic nitrogens is 1. The molecular weight excluding hydrogens is 346 g/mol. The molecule has 9 heteroatoms. The van der Waals surface area contributed by atoms with Gasteiger partial charge in [-0.05, 0) is 43.3 Å². The van der Waals surface area contributed by atoms with Gasteiger partial charge in [-0.1, -0.05) is 0 Å². The second-order valence-electron chi connectivity index (χ2n) is 5.01. The molecule has 0 aliphatic carbocycles. The highest BCUT2D eigenvalue weighted by atomic mass is 32.2. The molecule has 2 aromatic rings. The monoisotopic (exact) mass is 363 g/mol. The minimum atomic E-state index is -4.09. The van der Waals surface area contributed by atoms with E-state index in [9.17, 15) is 18.0 Å². The summed E-state index contributed by atoms with van der Waals surface area (Å²) in [6.45, 7) is 1.95. The van der Waals surface area contributed by atoms with E-state index in [0.29, 0.717) is 17.8 Å². The number of hydrogen-bond acceptors (Lipinski definition) is 6. The van der Waals surface area contributed by atoms with Gasteiger partial charge in [-0.2, -0.15) is 0 Å². The number of hydrogen-bond donors (Lipinski definition) is 3. The second-order valence-corrected chi connectivity index (χ2v) is 6.70. The van der Waals surface area contributed by atoms with Crippen molar-refractivity contribution in [3.8, 4) is 0 Å². The van der Waals surface area contributed by atoms with E-state index in [1.165, 1.54) is 42.6 Å². The summed E-state index contributed by atoms with van der Waals surface area (Å²) >= 11 is 0. The van der Waals surface area contributed by atoms with Gasteiger partial charge < -0.3 is 10.4 Å². The number of benzene rings is 1. The fourth-order valence-corrected chi connectivity index (χ4v) is 2.91. The Morgan fingerprint density at radius 3 is 2.20 bits per heavy atom. The molecule has 25 heavy (non-hydrogen) atoms. The molecule has 0 spiro atoms. The Balaban J connectivity index is 2.14. The van der Waals surface area contributed by atoms with Gasteiger partial charge in [0.2, 0.25) is 0 Å². The molecule has 0 unspecified atom stereocenters.